The fraction of sp³-hybridized carbons (Fsp3) is 0.833. The molecule has 0 bridgehead atoms. The van der Waals surface area contributed by atoms with Crippen LogP contribution in [0.1, 0.15) is 47.0 Å². The number of amides is 3. The van der Waals surface area contributed by atoms with Gasteiger partial charge in [0.05, 0.1) is 25.9 Å². The quantitative estimate of drug-likeness (QED) is 0.172. The molecule has 0 aromatic carbocycles. The van der Waals surface area contributed by atoms with Gasteiger partial charge in [0, 0.05) is 6.54 Å². The highest BCUT2D eigenvalue weighted by Crippen LogP contribution is 2.47. The molecule has 11 nitrogen and oxygen atoms in total. The van der Waals surface area contributed by atoms with E-state index in [1.54, 1.807) is 13.8 Å². The van der Waals surface area contributed by atoms with Gasteiger partial charge in [-0.3, -0.25) is 14.2 Å². The third-order valence-electron chi connectivity index (χ3n) is 4.17. The van der Waals surface area contributed by atoms with E-state index in [0.29, 0.717) is 12.8 Å². The van der Waals surface area contributed by atoms with Crippen molar-refractivity contribution in [3.05, 3.63) is 0 Å². The van der Waals surface area contributed by atoms with Gasteiger partial charge in [-0.2, -0.15) is 0 Å². The molecule has 0 spiro atoms. The number of carbonyl (C=O) groups is 3. The van der Waals surface area contributed by atoms with E-state index in [0.717, 1.165) is 0 Å². The van der Waals surface area contributed by atoms with Crippen LogP contribution in [0, 0.1) is 5.92 Å². The van der Waals surface area contributed by atoms with Crippen LogP contribution in [0.25, 0.3) is 0 Å². The minimum atomic E-state index is -3.46. The number of hydrogen-bond donors (Lipinski definition) is 5. The molecule has 0 saturated heterocycles. The van der Waals surface area contributed by atoms with Gasteiger partial charge in [0.15, 0.2) is 0 Å². The summed E-state index contributed by atoms with van der Waals surface area (Å²) in [4.78, 5) is 35.3. The van der Waals surface area contributed by atoms with Gasteiger partial charge in [-0.1, -0.05) is 13.8 Å². The topological polar surface area (TPSA) is 163 Å². The fourth-order valence-corrected chi connectivity index (χ4v) is 4.09. The van der Waals surface area contributed by atoms with Crippen molar-refractivity contribution in [1.29, 1.82) is 0 Å². The van der Waals surface area contributed by atoms with Crippen molar-refractivity contribution in [3.63, 3.8) is 0 Å². The maximum Gasteiger partial charge on any atom is 0.405 e. The second kappa shape index (κ2) is 15.2. The Hall–Kier alpha value is -1.68. The number of unbranched alkanes of at least 4 members (excludes halogenated alkanes) is 1. The maximum atomic E-state index is 12.3. The number of nitrogens with one attached hydrogen (secondary N) is 3. The summed E-state index contributed by atoms with van der Waals surface area (Å²) in [5.74, 6) is -0.992. The van der Waals surface area contributed by atoms with Crippen molar-refractivity contribution in [2.24, 2.45) is 5.92 Å². The minimum Gasteiger partial charge on any atom is -0.465 e. The predicted molar refractivity (Wildman–Crippen MR) is 111 cm³/mol. The molecule has 0 aromatic rings. The first-order chi connectivity index (χ1) is 14.1. The average molecular weight is 453 g/mol. The van der Waals surface area contributed by atoms with Crippen LogP contribution in [0.15, 0.2) is 0 Å². The molecule has 0 aliphatic rings. The van der Waals surface area contributed by atoms with Gasteiger partial charge >= 0.3 is 13.7 Å². The summed E-state index contributed by atoms with van der Waals surface area (Å²) in [6, 6.07) is -1.44. The highest BCUT2D eigenvalue weighted by molar-refractivity contribution is 7.54. The molecule has 30 heavy (non-hydrogen) atoms. The summed E-state index contributed by atoms with van der Waals surface area (Å²) in [7, 11) is -3.46. The van der Waals surface area contributed by atoms with Crippen molar-refractivity contribution < 1.29 is 38.2 Å². The van der Waals surface area contributed by atoms with Gasteiger partial charge in [0.25, 0.3) is 0 Å². The lowest BCUT2D eigenvalue weighted by atomic mass is 10.0. The average Bonchev–Trinajstić information content (AvgIpc) is 2.64. The smallest absolute Gasteiger partial charge is 0.405 e. The standard InChI is InChI=1S/C18H36N3O8P/c1-5-28-30(27,29-6-2)12-16(23)19-10-8-7-9-14(21-18(25)26)17(24)20-15(11-22)13(3)4/h13-15,21-22H,5-12H2,1-4H3,(H,19,23)(H,20,24)(H,25,26)/t14?,15-/m1/s1. The molecule has 0 aliphatic heterocycles. The Morgan fingerprint density at radius 3 is 2.10 bits per heavy atom. The Morgan fingerprint density at radius 2 is 1.63 bits per heavy atom. The highest BCUT2D eigenvalue weighted by Gasteiger charge is 2.27. The van der Waals surface area contributed by atoms with Gasteiger partial charge in [-0.05, 0) is 39.0 Å². The van der Waals surface area contributed by atoms with Gasteiger partial charge in [-0.15, -0.1) is 0 Å². The first-order valence-corrected chi connectivity index (χ1v) is 11.9. The summed E-state index contributed by atoms with van der Waals surface area (Å²) in [5.41, 5.74) is 0. The van der Waals surface area contributed by atoms with Crippen molar-refractivity contribution in [2.45, 2.75) is 59.0 Å². The normalized spacial score (nSPS) is 13.5. The molecular formula is C18H36N3O8P. The summed E-state index contributed by atoms with van der Waals surface area (Å²) >= 11 is 0. The molecule has 3 amide bonds. The van der Waals surface area contributed by atoms with Crippen LogP contribution in [0.3, 0.4) is 0 Å². The summed E-state index contributed by atoms with van der Waals surface area (Å²) < 4.78 is 22.4. The van der Waals surface area contributed by atoms with Gasteiger partial charge in [0.1, 0.15) is 12.2 Å². The highest BCUT2D eigenvalue weighted by atomic mass is 31.2. The van der Waals surface area contributed by atoms with E-state index in [2.05, 4.69) is 16.0 Å². The molecule has 0 radical (unpaired) electrons. The Labute approximate surface area is 177 Å². The lowest BCUT2D eigenvalue weighted by Gasteiger charge is -2.24. The van der Waals surface area contributed by atoms with Gasteiger partial charge in [0.2, 0.25) is 11.8 Å². The number of hydrogen-bond acceptors (Lipinski definition) is 7. The molecule has 0 rings (SSSR count). The molecule has 0 aliphatic carbocycles. The Kier molecular flexibility index (Phi) is 14.3. The predicted octanol–water partition coefficient (Wildman–Crippen LogP) is 1.31. The SMILES string of the molecule is CCOP(=O)(CC(=O)NCCCCC(NC(=O)O)C(=O)N[C@H](CO)C(C)C)OCC. The zero-order valence-corrected chi connectivity index (χ0v) is 19.1. The van der Waals surface area contributed by atoms with Crippen LogP contribution in [0.4, 0.5) is 4.79 Å². The monoisotopic (exact) mass is 453 g/mol. The molecule has 1 unspecified atom stereocenters. The molecule has 2 atom stereocenters. The molecule has 12 heteroatoms. The lowest BCUT2D eigenvalue weighted by Crippen LogP contribution is -2.51. The van der Waals surface area contributed by atoms with Crippen molar-refractivity contribution >= 4 is 25.5 Å². The Bertz CT molecular complexity index is 578. The number of carbonyl (C=O) groups excluding carboxylic acids is 2. The van der Waals surface area contributed by atoms with Crippen LogP contribution in [0.5, 0.6) is 0 Å². The first-order valence-electron chi connectivity index (χ1n) is 10.1. The number of aliphatic hydroxyl groups is 1. The Morgan fingerprint density at radius 1 is 1.03 bits per heavy atom. The van der Waals surface area contributed by atoms with E-state index in [4.69, 9.17) is 14.2 Å². The summed E-state index contributed by atoms with van der Waals surface area (Å²) in [6.07, 6.45) is -0.536. The van der Waals surface area contributed by atoms with Crippen LogP contribution in [-0.4, -0.2) is 72.7 Å². The van der Waals surface area contributed by atoms with Gasteiger partial charge < -0.3 is 35.2 Å². The largest absolute Gasteiger partial charge is 0.465 e. The number of rotatable bonds is 16. The van der Waals surface area contributed by atoms with E-state index in [-0.39, 0.29) is 44.9 Å². The van der Waals surface area contributed by atoms with E-state index in [9.17, 15) is 24.1 Å². The van der Waals surface area contributed by atoms with Crippen molar-refractivity contribution in [3.8, 4) is 0 Å². The number of carboxylic acid groups (broad SMARTS) is 1. The van der Waals surface area contributed by atoms with E-state index >= 15 is 0 Å². The van der Waals surface area contributed by atoms with E-state index in [1.165, 1.54) is 0 Å². The van der Waals surface area contributed by atoms with Crippen LogP contribution in [0.2, 0.25) is 0 Å². The zero-order valence-electron chi connectivity index (χ0n) is 18.2. The maximum absolute atomic E-state index is 12.3. The lowest BCUT2D eigenvalue weighted by molar-refractivity contribution is -0.124. The molecular weight excluding hydrogens is 417 g/mol. The third-order valence-corrected chi connectivity index (χ3v) is 6.15. The minimum absolute atomic E-state index is 0.0102. The first kappa shape index (κ1) is 28.3. The zero-order chi connectivity index (χ0) is 23.2. The fourth-order valence-electron chi connectivity index (χ4n) is 2.58. The second-order valence-electron chi connectivity index (χ2n) is 6.99. The summed E-state index contributed by atoms with van der Waals surface area (Å²) in [6.45, 7) is 7.33. The molecule has 5 N–H and O–H groups in total. The third kappa shape index (κ3) is 12.1. The van der Waals surface area contributed by atoms with Crippen molar-refractivity contribution in [2.75, 3.05) is 32.5 Å². The summed E-state index contributed by atoms with van der Waals surface area (Å²) in [5, 5.41) is 25.7. The van der Waals surface area contributed by atoms with Crippen LogP contribution >= 0.6 is 7.60 Å². The van der Waals surface area contributed by atoms with Crippen LogP contribution in [-0.2, 0) is 23.2 Å². The van der Waals surface area contributed by atoms with E-state index in [1.807, 2.05) is 13.8 Å². The van der Waals surface area contributed by atoms with Gasteiger partial charge in [-0.25, -0.2) is 4.79 Å². The number of aliphatic hydroxyl groups excluding tert-OH is 1. The van der Waals surface area contributed by atoms with Crippen molar-refractivity contribution in [1.82, 2.24) is 16.0 Å². The molecule has 0 fully saturated rings. The molecule has 0 aromatic heterocycles. The van der Waals surface area contributed by atoms with E-state index < -0.39 is 37.6 Å². The Balaban J connectivity index is 4.48. The van der Waals surface area contributed by atoms with Crippen LogP contribution < -0.4 is 16.0 Å². The second-order valence-corrected chi connectivity index (χ2v) is 9.05. The molecule has 0 saturated carbocycles. The molecule has 0 heterocycles. The molecule has 176 valence electrons.